The lowest BCUT2D eigenvalue weighted by Gasteiger charge is -2.15. The normalized spacial score (nSPS) is 13.9. The maximum absolute atomic E-state index is 11.7. The Balaban J connectivity index is 2.00. The maximum atomic E-state index is 11.7. The maximum Gasteiger partial charge on any atom is 0.258 e. The van der Waals surface area contributed by atoms with Gasteiger partial charge in [-0.2, -0.15) is 0 Å². The van der Waals surface area contributed by atoms with Gasteiger partial charge in [-0.3, -0.25) is 4.79 Å². The first-order chi connectivity index (χ1) is 9.74. The first-order valence-corrected chi connectivity index (χ1v) is 7.03. The van der Waals surface area contributed by atoms with Crippen molar-refractivity contribution in [2.24, 2.45) is 0 Å². The first kappa shape index (κ1) is 14.7. The third kappa shape index (κ3) is 4.13. The average molecular weight is 278 g/mol. The van der Waals surface area contributed by atoms with Crippen LogP contribution in [0, 0.1) is 0 Å². The van der Waals surface area contributed by atoms with Gasteiger partial charge in [-0.05, 0) is 25.5 Å². The zero-order chi connectivity index (χ0) is 14.4. The van der Waals surface area contributed by atoms with E-state index < -0.39 is 0 Å². The SMILES string of the molecule is CCNCc1cccc(OC)c1OCC(=O)NC1CC1. The number of benzene rings is 1. The van der Waals surface area contributed by atoms with Crippen molar-refractivity contribution in [3.63, 3.8) is 0 Å². The van der Waals surface area contributed by atoms with E-state index in [1.165, 1.54) is 0 Å². The summed E-state index contributed by atoms with van der Waals surface area (Å²) in [5.74, 6) is 1.22. The van der Waals surface area contributed by atoms with Gasteiger partial charge in [0.1, 0.15) is 0 Å². The van der Waals surface area contributed by atoms with Crippen molar-refractivity contribution in [1.29, 1.82) is 0 Å². The lowest BCUT2D eigenvalue weighted by molar-refractivity contribution is -0.123. The van der Waals surface area contributed by atoms with Gasteiger partial charge in [0.2, 0.25) is 0 Å². The molecular weight excluding hydrogens is 256 g/mol. The smallest absolute Gasteiger partial charge is 0.258 e. The van der Waals surface area contributed by atoms with Crippen LogP contribution in [0.3, 0.4) is 0 Å². The number of carbonyl (C=O) groups is 1. The van der Waals surface area contributed by atoms with Gasteiger partial charge in [0.15, 0.2) is 18.1 Å². The highest BCUT2D eigenvalue weighted by Crippen LogP contribution is 2.31. The second-order valence-electron chi connectivity index (χ2n) is 4.86. The summed E-state index contributed by atoms with van der Waals surface area (Å²) < 4.78 is 11.0. The van der Waals surface area contributed by atoms with Crippen LogP contribution in [0.1, 0.15) is 25.3 Å². The van der Waals surface area contributed by atoms with E-state index in [2.05, 4.69) is 10.6 Å². The summed E-state index contributed by atoms with van der Waals surface area (Å²) in [5.41, 5.74) is 0.991. The van der Waals surface area contributed by atoms with Gasteiger partial charge < -0.3 is 20.1 Å². The molecule has 5 nitrogen and oxygen atoms in total. The van der Waals surface area contributed by atoms with Gasteiger partial charge in [0.05, 0.1) is 7.11 Å². The van der Waals surface area contributed by atoms with E-state index in [0.717, 1.165) is 24.9 Å². The summed E-state index contributed by atoms with van der Waals surface area (Å²) in [6.45, 7) is 3.63. The van der Waals surface area contributed by atoms with E-state index in [1.807, 2.05) is 25.1 Å². The number of rotatable bonds is 8. The van der Waals surface area contributed by atoms with Crippen molar-refractivity contribution in [1.82, 2.24) is 10.6 Å². The summed E-state index contributed by atoms with van der Waals surface area (Å²) in [7, 11) is 1.60. The van der Waals surface area contributed by atoms with Gasteiger partial charge in [-0.1, -0.05) is 19.1 Å². The molecule has 0 atom stereocenters. The fourth-order valence-corrected chi connectivity index (χ4v) is 1.92. The predicted molar refractivity (Wildman–Crippen MR) is 77.0 cm³/mol. The summed E-state index contributed by atoms with van der Waals surface area (Å²) >= 11 is 0. The lowest BCUT2D eigenvalue weighted by Crippen LogP contribution is -2.30. The number of methoxy groups -OCH3 is 1. The monoisotopic (exact) mass is 278 g/mol. The summed E-state index contributed by atoms with van der Waals surface area (Å²) in [5, 5.41) is 6.15. The summed E-state index contributed by atoms with van der Waals surface area (Å²) in [4.78, 5) is 11.7. The Morgan fingerprint density at radius 3 is 2.85 bits per heavy atom. The van der Waals surface area contributed by atoms with Crippen LogP contribution < -0.4 is 20.1 Å². The van der Waals surface area contributed by atoms with E-state index in [4.69, 9.17) is 9.47 Å². The van der Waals surface area contributed by atoms with Crippen LogP contribution in [-0.4, -0.2) is 32.2 Å². The second-order valence-corrected chi connectivity index (χ2v) is 4.86. The Hall–Kier alpha value is -1.75. The van der Waals surface area contributed by atoms with Crippen molar-refractivity contribution in [3.8, 4) is 11.5 Å². The molecule has 110 valence electrons. The Bertz CT molecular complexity index is 458. The van der Waals surface area contributed by atoms with Crippen molar-refractivity contribution < 1.29 is 14.3 Å². The van der Waals surface area contributed by atoms with Crippen LogP contribution in [0.5, 0.6) is 11.5 Å². The van der Waals surface area contributed by atoms with Crippen LogP contribution in [0.25, 0.3) is 0 Å². The number of amides is 1. The zero-order valence-corrected chi connectivity index (χ0v) is 12.1. The minimum Gasteiger partial charge on any atom is -0.493 e. The van der Waals surface area contributed by atoms with Gasteiger partial charge >= 0.3 is 0 Å². The molecule has 1 aliphatic carbocycles. The lowest BCUT2D eigenvalue weighted by atomic mass is 10.2. The molecule has 20 heavy (non-hydrogen) atoms. The highest BCUT2D eigenvalue weighted by atomic mass is 16.5. The molecule has 2 N–H and O–H groups in total. The minimum absolute atomic E-state index is 0.0238. The van der Waals surface area contributed by atoms with Gasteiger partial charge in [-0.15, -0.1) is 0 Å². The van der Waals surface area contributed by atoms with E-state index in [-0.39, 0.29) is 12.5 Å². The molecule has 1 aromatic carbocycles. The molecule has 0 radical (unpaired) electrons. The molecule has 0 aromatic heterocycles. The first-order valence-electron chi connectivity index (χ1n) is 7.03. The Kier molecular flexibility index (Phi) is 5.24. The molecule has 0 saturated heterocycles. The highest BCUT2D eigenvalue weighted by molar-refractivity contribution is 5.78. The molecule has 0 bridgehead atoms. The molecule has 5 heteroatoms. The summed E-state index contributed by atoms with van der Waals surface area (Å²) in [6.07, 6.45) is 2.15. The molecule has 0 aliphatic heterocycles. The van der Waals surface area contributed by atoms with E-state index >= 15 is 0 Å². The number of nitrogens with one attached hydrogen (secondary N) is 2. The van der Waals surface area contributed by atoms with Gasteiger partial charge in [-0.25, -0.2) is 0 Å². The second kappa shape index (κ2) is 7.14. The molecule has 1 fully saturated rings. The Morgan fingerprint density at radius 1 is 1.40 bits per heavy atom. The molecule has 0 unspecified atom stereocenters. The number of carbonyl (C=O) groups excluding carboxylic acids is 1. The standard InChI is InChI=1S/C15H22N2O3/c1-3-16-9-11-5-4-6-13(19-2)15(11)20-10-14(18)17-12-7-8-12/h4-6,12,16H,3,7-10H2,1-2H3,(H,17,18). The van der Waals surface area contributed by atoms with Crippen LogP contribution in [0.4, 0.5) is 0 Å². The molecule has 2 rings (SSSR count). The molecule has 1 aliphatic rings. The average Bonchev–Trinajstić information content (AvgIpc) is 3.26. The van der Waals surface area contributed by atoms with E-state index in [0.29, 0.717) is 24.1 Å². The fraction of sp³-hybridized carbons (Fsp3) is 0.533. The number of ether oxygens (including phenoxy) is 2. The van der Waals surface area contributed by atoms with Crippen molar-refractivity contribution >= 4 is 5.91 Å². The quantitative estimate of drug-likeness (QED) is 0.756. The molecule has 1 aromatic rings. The number of para-hydroxylation sites is 1. The van der Waals surface area contributed by atoms with Crippen LogP contribution in [-0.2, 0) is 11.3 Å². The van der Waals surface area contributed by atoms with Crippen LogP contribution >= 0.6 is 0 Å². The molecule has 1 saturated carbocycles. The largest absolute Gasteiger partial charge is 0.493 e. The minimum atomic E-state index is -0.0761. The highest BCUT2D eigenvalue weighted by Gasteiger charge is 2.23. The Morgan fingerprint density at radius 2 is 2.20 bits per heavy atom. The van der Waals surface area contributed by atoms with Crippen LogP contribution in [0.2, 0.25) is 0 Å². The number of hydrogen-bond donors (Lipinski definition) is 2. The third-order valence-electron chi connectivity index (χ3n) is 3.14. The molecule has 1 amide bonds. The molecule has 0 spiro atoms. The fourth-order valence-electron chi connectivity index (χ4n) is 1.92. The van der Waals surface area contributed by atoms with Crippen molar-refractivity contribution in [2.45, 2.75) is 32.4 Å². The zero-order valence-electron chi connectivity index (χ0n) is 12.1. The Labute approximate surface area is 119 Å². The van der Waals surface area contributed by atoms with Gasteiger partial charge in [0.25, 0.3) is 5.91 Å². The molecular formula is C15H22N2O3. The van der Waals surface area contributed by atoms with Gasteiger partial charge in [0, 0.05) is 18.2 Å². The molecule has 0 heterocycles. The predicted octanol–water partition coefficient (Wildman–Crippen LogP) is 1.46. The number of hydrogen-bond acceptors (Lipinski definition) is 4. The summed E-state index contributed by atoms with van der Waals surface area (Å²) in [6, 6.07) is 6.08. The van der Waals surface area contributed by atoms with E-state index in [9.17, 15) is 4.79 Å². The van der Waals surface area contributed by atoms with Crippen molar-refractivity contribution in [3.05, 3.63) is 23.8 Å². The van der Waals surface area contributed by atoms with Crippen molar-refractivity contribution in [2.75, 3.05) is 20.3 Å². The van der Waals surface area contributed by atoms with Crippen LogP contribution in [0.15, 0.2) is 18.2 Å². The third-order valence-corrected chi connectivity index (χ3v) is 3.14. The van der Waals surface area contributed by atoms with E-state index in [1.54, 1.807) is 7.11 Å². The topological polar surface area (TPSA) is 59.6 Å².